The Morgan fingerprint density at radius 3 is 2.58 bits per heavy atom. The zero-order valence-corrected chi connectivity index (χ0v) is 13.9. The number of carbonyl (C=O) groups is 2. The van der Waals surface area contributed by atoms with Crippen molar-refractivity contribution in [3.63, 3.8) is 0 Å². The standard InChI is InChI=1S/C18H19N3O3/c1-18(2,3)17-19-13(16(23)24)14-12-8-9-20(12)15(22)10-6-4-5-7-11(10)21(14)17/h4-7,12H,8-9H2,1-3H3,(H,23,24)/t12-/m0/s1. The normalized spacial score (nSPS) is 19.0. The van der Waals surface area contributed by atoms with Crippen LogP contribution in [0.2, 0.25) is 0 Å². The van der Waals surface area contributed by atoms with E-state index in [0.717, 1.165) is 12.1 Å². The molecule has 0 aliphatic carbocycles. The molecule has 1 N–H and O–H groups in total. The summed E-state index contributed by atoms with van der Waals surface area (Å²) in [4.78, 5) is 30.9. The summed E-state index contributed by atoms with van der Waals surface area (Å²) in [7, 11) is 0. The van der Waals surface area contributed by atoms with Crippen LogP contribution in [0.1, 0.15) is 65.6 Å². The van der Waals surface area contributed by atoms with Crippen molar-refractivity contribution in [2.75, 3.05) is 6.54 Å². The summed E-state index contributed by atoms with van der Waals surface area (Å²) in [5.41, 5.74) is 1.64. The van der Waals surface area contributed by atoms with E-state index in [4.69, 9.17) is 0 Å². The SMILES string of the molecule is CC(C)(C)c1nc(C(=O)O)c2n1-c1ccccc1C(=O)N1CC[C@@H]21. The number of aromatic carboxylic acids is 1. The van der Waals surface area contributed by atoms with Gasteiger partial charge in [0.25, 0.3) is 5.91 Å². The number of carboxylic acids is 1. The molecule has 0 saturated carbocycles. The third-order valence-electron chi connectivity index (χ3n) is 4.76. The van der Waals surface area contributed by atoms with Gasteiger partial charge in [0.05, 0.1) is 23.0 Å². The zero-order chi connectivity index (χ0) is 17.2. The number of benzene rings is 1. The van der Waals surface area contributed by atoms with Gasteiger partial charge in [-0.2, -0.15) is 0 Å². The highest BCUT2D eigenvalue weighted by Crippen LogP contribution is 2.43. The van der Waals surface area contributed by atoms with Crippen LogP contribution in [-0.4, -0.2) is 38.0 Å². The molecule has 1 atom stereocenters. The Morgan fingerprint density at radius 1 is 1.29 bits per heavy atom. The van der Waals surface area contributed by atoms with E-state index in [0.29, 0.717) is 23.6 Å². The smallest absolute Gasteiger partial charge is 0.356 e. The molecular formula is C18H19N3O3. The zero-order valence-electron chi connectivity index (χ0n) is 13.9. The predicted octanol–water partition coefficient (Wildman–Crippen LogP) is 2.77. The Hall–Kier alpha value is -2.63. The topological polar surface area (TPSA) is 75.4 Å². The van der Waals surface area contributed by atoms with E-state index >= 15 is 0 Å². The van der Waals surface area contributed by atoms with Crippen molar-refractivity contribution in [1.82, 2.24) is 14.5 Å². The molecule has 4 rings (SSSR count). The minimum atomic E-state index is -1.05. The van der Waals surface area contributed by atoms with Crippen LogP contribution in [0.3, 0.4) is 0 Å². The lowest BCUT2D eigenvalue weighted by Crippen LogP contribution is -2.45. The second-order valence-corrected chi connectivity index (χ2v) is 7.38. The molecule has 2 aromatic rings. The van der Waals surface area contributed by atoms with E-state index in [2.05, 4.69) is 4.98 Å². The molecule has 24 heavy (non-hydrogen) atoms. The highest BCUT2D eigenvalue weighted by molar-refractivity contribution is 6.00. The van der Waals surface area contributed by atoms with Crippen LogP contribution in [0, 0.1) is 0 Å². The summed E-state index contributed by atoms with van der Waals surface area (Å²) in [6.45, 7) is 6.65. The van der Waals surface area contributed by atoms with Gasteiger partial charge in [0.1, 0.15) is 5.82 Å². The average Bonchev–Trinajstić information content (AvgIpc) is 2.83. The number of amides is 1. The number of carbonyl (C=O) groups excluding carboxylic acids is 1. The minimum absolute atomic E-state index is 0.0400. The molecule has 6 nitrogen and oxygen atoms in total. The fourth-order valence-corrected chi connectivity index (χ4v) is 3.56. The van der Waals surface area contributed by atoms with Crippen molar-refractivity contribution in [2.45, 2.75) is 38.6 Å². The molecule has 0 unspecified atom stereocenters. The number of hydrogen-bond acceptors (Lipinski definition) is 3. The van der Waals surface area contributed by atoms with Crippen molar-refractivity contribution in [3.8, 4) is 5.69 Å². The number of aromatic nitrogens is 2. The lowest BCUT2D eigenvalue weighted by atomic mass is 9.95. The molecular weight excluding hydrogens is 306 g/mol. The third kappa shape index (κ3) is 1.85. The minimum Gasteiger partial charge on any atom is -0.476 e. The van der Waals surface area contributed by atoms with Gasteiger partial charge in [0.2, 0.25) is 0 Å². The summed E-state index contributed by atoms with van der Waals surface area (Å²) < 4.78 is 1.90. The van der Waals surface area contributed by atoms with Gasteiger partial charge >= 0.3 is 5.97 Å². The number of rotatable bonds is 1. The lowest BCUT2D eigenvalue weighted by Gasteiger charge is -2.39. The Balaban J connectivity index is 2.13. The van der Waals surface area contributed by atoms with E-state index in [1.54, 1.807) is 11.0 Å². The second kappa shape index (κ2) is 4.69. The molecule has 1 fully saturated rings. The Morgan fingerprint density at radius 2 is 2.00 bits per heavy atom. The van der Waals surface area contributed by atoms with Crippen molar-refractivity contribution in [1.29, 1.82) is 0 Å². The largest absolute Gasteiger partial charge is 0.476 e. The lowest BCUT2D eigenvalue weighted by molar-refractivity contribution is 0.0449. The molecule has 1 aromatic carbocycles. The fraction of sp³-hybridized carbons (Fsp3) is 0.389. The van der Waals surface area contributed by atoms with Crippen LogP contribution < -0.4 is 0 Å². The maximum atomic E-state index is 12.9. The second-order valence-electron chi connectivity index (χ2n) is 7.38. The molecule has 6 heteroatoms. The van der Waals surface area contributed by atoms with Crippen LogP contribution >= 0.6 is 0 Å². The van der Waals surface area contributed by atoms with E-state index in [1.165, 1.54) is 0 Å². The first-order chi connectivity index (χ1) is 11.3. The number of carboxylic acid groups (broad SMARTS) is 1. The van der Waals surface area contributed by atoms with Gasteiger partial charge < -0.3 is 10.0 Å². The van der Waals surface area contributed by atoms with Gasteiger partial charge in [-0.1, -0.05) is 32.9 Å². The van der Waals surface area contributed by atoms with Crippen molar-refractivity contribution < 1.29 is 14.7 Å². The molecule has 124 valence electrons. The molecule has 2 aliphatic heterocycles. The number of imidazole rings is 1. The highest BCUT2D eigenvalue weighted by Gasteiger charge is 2.44. The summed E-state index contributed by atoms with van der Waals surface area (Å²) in [6.07, 6.45) is 0.759. The number of hydrogen-bond donors (Lipinski definition) is 1. The molecule has 0 bridgehead atoms. The van der Waals surface area contributed by atoms with Crippen LogP contribution in [0.5, 0.6) is 0 Å². The van der Waals surface area contributed by atoms with Gasteiger partial charge in [-0.3, -0.25) is 9.36 Å². The van der Waals surface area contributed by atoms with Crippen LogP contribution in [-0.2, 0) is 5.41 Å². The third-order valence-corrected chi connectivity index (χ3v) is 4.76. The molecule has 0 spiro atoms. The van der Waals surface area contributed by atoms with Crippen LogP contribution in [0.4, 0.5) is 0 Å². The highest BCUT2D eigenvalue weighted by atomic mass is 16.4. The van der Waals surface area contributed by atoms with Gasteiger partial charge in [-0.05, 0) is 18.6 Å². The summed E-state index contributed by atoms with van der Waals surface area (Å²) in [5, 5.41) is 9.67. The van der Waals surface area contributed by atoms with E-state index in [9.17, 15) is 14.7 Å². The maximum Gasteiger partial charge on any atom is 0.356 e. The Bertz CT molecular complexity index is 876. The molecule has 2 aliphatic rings. The van der Waals surface area contributed by atoms with E-state index < -0.39 is 5.97 Å². The molecule has 1 saturated heterocycles. The Kier molecular flexibility index (Phi) is 2.92. The quantitative estimate of drug-likeness (QED) is 0.875. The van der Waals surface area contributed by atoms with E-state index in [-0.39, 0.29) is 23.1 Å². The Labute approximate surface area is 139 Å². The molecule has 1 amide bonds. The van der Waals surface area contributed by atoms with Crippen LogP contribution in [0.25, 0.3) is 5.69 Å². The molecule has 0 radical (unpaired) electrons. The first kappa shape index (κ1) is 14.9. The van der Waals surface area contributed by atoms with Gasteiger partial charge in [-0.25, -0.2) is 9.78 Å². The van der Waals surface area contributed by atoms with Crippen molar-refractivity contribution in [3.05, 3.63) is 47.0 Å². The average molecular weight is 325 g/mol. The first-order valence-electron chi connectivity index (χ1n) is 8.07. The summed E-state index contributed by atoms with van der Waals surface area (Å²) in [6, 6.07) is 7.15. The van der Waals surface area contributed by atoms with Gasteiger partial charge in [0, 0.05) is 12.0 Å². The fourth-order valence-electron chi connectivity index (χ4n) is 3.56. The summed E-state index contributed by atoms with van der Waals surface area (Å²) >= 11 is 0. The molecule has 3 heterocycles. The molecule has 1 aromatic heterocycles. The van der Waals surface area contributed by atoms with Gasteiger partial charge in [-0.15, -0.1) is 0 Å². The number of para-hydroxylation sites is 1. The number of nitrogens with zero attached hydrogens (tertiary/aromatic N) is 3. The first-order valence-corrected chi connectivity index (χ1v) is 8.07. The van der Waals surface area contributed by atoms with Crippen molar-refractivity contribution in [2.24, 2.45) is 0 Å². The maximum absolute atomic E-state index is 12.9. The van der Waals surface area contributed by atoms with Gasteiger partial charge in [0.15, 0.2) is 5.69 Å². The van der Waals surface area contributed by atoms with Crippen LogP contribution in [0.15, 0.2) is 24.3 Å². The van der Waals surface area contributed by atoms with Crippen molar-refractivity contribution >= 4 is 11.9 Å². The summed E-state index contributed by atoms with van der Waals surface area (Å²) in [5.74, 6) is -0.418. The number of fused-ring (bicyclic) bond motifs is 5. The van der Waals surface area contributed by atoms with E-state index in [1.807, 2.05) is 43.5 Å². The predicted molar refractivity (Wildman–Crippen MR) is 87.6 cm³/mol. The monoisotopic (exact) mass is 325 g/mol.